The molecule has 180 valence electrons. The number of ether oxygens (including phenoxy) is 3. The van der Waals surface area contributed by atoms with Crippen LogP contribution in [0.3, 0.4) is 0 Å². The number of nitrogens with one attached hydrogen (secondary N) is 2. The van der Waals surface area contributed by atoms with Crippen LogP contribution in [0.2, 0.25) is 10.0 Å². The highest BCUT2D eigenvalue weighted by Gasteiger charge is 2.17. The first-order chi connectivity index (χ1) is 16.8. The molecular weight excluding hydrogens is 497 g/mol. The van der Waals surface area contributed by atoms with E-state index in [2.05, 4.69) is 15.8 Å². The van der Waals surface area contributed by atoms with Gasteiger partial charge in [-0.25, -0.2) is 10.2 Å². The van der Waals surface area contributed by atoms with Gasteiger partial charge in [-0.2, -0.15) is 5.10 Å². The van der Waals surface area contributed by atoms with Gasteiger partial charge in [-0.3, -0.25) is 9.59 Å². The first kappa shape index (κ1) is 25.5. The second kappa shape index (κ2) is 11.9. The Bertz CT molecular complexity index is 1300. The minimum atomic E-state index is -1.02. The highest BCUT2D eigenvalue weighted by atomic mass is 35.5. The molecule has 11 heteroatoms. The summed E-state index contributed by atoms with van der Waals surface area (Å²) in [6, 6.07) is 15.9. The lowest BCUT2D eigenvalue weighted by Crippen LogP contribution is -2.32. The molecule has 0 aliphatic carbocycles. The monoisotopic (exact) mass is 515 g/mol. The normalized spacial score (nSPS) is 10.5. The molecule has 0 fully saturated rings. The van der Waals surface area contributed by atoms with Crippen LogP contribution in [0.5, 0.6) is 17.2 Å². The molecule has 35 heavy (non-hydrogen) atoms. The summed E-state index contributed by atoms with van der Waals surface area (Å²) >= 11 is 11.9. The van der Waals surface area contributed by atoms with E-state index >= 15 is 0 Å². The van der Waals surface area contributed by atoms with Crippen molar-refractivity contribution in [2.24, 2.45) is 5.10 Å². The zero-order valence-corrected chi connectivity index (χ0v) is 20.0. The van der Waals surface area contributed by atoms with Crippen LogP contribution < -0.4 is 25.0 Å². The van der Waals surface area contributed by atoms with E-state index in [1.165, 1.54) is 38.6 Å². The van der Waals surface area contributed by atoms with Crippen LogP contribution in [0.25, 0.3) is 0 Å². The first-order valence-electron chi connectivity index (χ1n) is 9.95. The molecule has 0 unspecified atom stereocenters. The predicted octanol–water partition coefficient (Wildman–Crippen LogP) is 4.32. The number of hydrogen-bond donors (Lipinski definition) is 2. The Labute approximate surface area is 210 Å². The minimum absolute atomic E-state index is 0.109. The molecule has 3 aromatic carbocycles. The molecule has 0 spiro atoms. The van der Waals surface area contributed by atoms with E-state index in [1.54, 1.807) is 42.5 Å². The van der Waals surface area contributed by atoms with E-state index < -0.39 is 17.8 Å². The molecule has 0 heterocycles. The highest BCUT2D eigenvalue weighted by molar-refractivity contribution is 6.45. The number of nitrogens with zero attached hydrogens (tertiary/aromatic N) is 1. The summed E-state index contributed by atoms with van der Waals surface area (Å²) in [6.07, 6.45) is 1.28. The number of carbonyl (C=O) groups is 3. The number of para-hydroxylation sites is 1. The van der Waals surface area contributed by atoms with E-state index in [1.807, 2.05) is 0 Å². The van der Waals surface area contributed by atoms with Gasteiger partial charge >= 0.3 is 17.8 Å². The van der Waals surface area contributed by atoms with Crippen LogP contribution in [0.4, 0.5) is 5.69 Å². The van der Waals surface area contributed by atoms with Crippen molar-refractivity contribution in [1.82, 2.24) is 5.43 Å². The van der Waals surface area contributed by atoms with Crippen molar-refractivity contribution in [2.45, 2.75) is 0 Å². The number of halogens is 2. The van der Waals surface area contributed by atoms with Crippen LogP contribution in [-0.2, 0) is 9.59 Å². The standard InChI is InChI=1S/C24H19Cl2N3O6/c1-33-18-9-4-3-6-15(18)24(32)35-19-11-10-14(12-20(19)34-2)13-27-29-23(31)22(30)28-17-8-5-7-16(25)21(17)26/h3-13H,1-2H3,(H,28,30)(H,29,31)/b27-13+. The summed E-state index contributed by atoms with van der Waals surface area (Å²) in [7, 11) is 2.86. The molecule has 0 aromatic heterocycles. The fraction of sp³-hybridized carbons (Fsp3) is 0.0833. The summed E-state index contributed by atoms with van der Waals surface area (Å²) in [4.78, 5) is 36.6. The Kier molecular flexibility index (Phi) is 8.66. The largest absolute Gasteiger partial charge is 0.496 e. The Morgan fingerprint density at radius 1 is 0.857 bits per heavy atom. The molecule has 3 rings (SSSR count). The van der Waals surface area contributed by atoms with Crippen molar-refractivity contribution in [3.8, 4) is 17.2 Å². The first-order valence-corrected chi connectivity index (χ1v) is 10.7. The van der Waals surface area contributed by atoms with Crippen LogP contribution in [0.1, 0.15) is 15.9 Å². The average Bonchev–Trinajstić information content (AvgIpc) is 2.87. The van der Waals surface area contributed by atoms with Gasteiger partial charge in [-0.1, -0.05) is 41.4 Å². The van der Waals surface area contributed by atoms with E-state index in [9.17, 15) is 14.4 Å². The van der Waals surface area contributed by atoms with E-state index in [4.69, 9.17) is 37.4 Å². The Hall–Kier alpha value is -4.08. The number of carbonyl (C=O) groups excluding carboxylic acids is 3. The molecule has 2 amide bonds. The molecule has 0 atom stereocenters. The van der Waals surface area contributed by atoms with Gasteiger partial charge in [0.25, 0.3) is 0 Å². The maximum absolute atomic E-state index is 12.5. The fourth-order valence-corrected chi connectivity index (χ4v) is 3.16. The lowest BCUT2D eigenvalue weighted by Gasteiger charge is -2.11. The van der Waals surface area contributed by atoms with E-state index in [0.717, 1.165) is 0 Å². The maximum atomic E-state index is 12.5. The van der Waals surface area contributed by atoms with Crippen LogP contribution >= 0.6 is 23.2 Å². The third kappa shape index (κ3) is 6.50. The summed E-state index contributed by atoms with van der Waals surface area (Å²) in [6.45, 7) is 0. The number of hydrogen-bond acceptors (Lipinski definition) is 7. The Balaban J connectivity index is 1.64. The summed E-state index contributed by atoms with van der Waals surface area (Å²) < 4.78 is 15.9. The summed E-state index contributed by atoms with van der Waals surface area (Å²) in [5, 5.41) is 6.44. The van der Waals surface area contributed by atoms with E-state index in [0.29, 0.717) is 11.3 Å². The molecule has 0 aliphatic rings. The van der Waals surface area contributed by atoms with Gasteiger partial charge in [0.2, 0.25) is 0 Å². The third-order valence-corrected chi connectivity index (χ3v) is 5.32. The molecule has 0 radical (unpaired) electrons. The zero-order valence-electron chi connectivity index (χ0n) is 18.5. The van der Waals surface area contributed by atoms with Crippen molar-refractivity contribution < 1.29 is 28.6 Å². The maximum Gasteiger partial charge on any atom is 0.347 e. The number of hydrazone groups is 1. The molecule has 0 aliphatic heterocycles. The number of amides is 2. The molecule has 0 saturated heterocycles. The number of benzene rings is 3. The number of esters is 1. The topological polar surface area (TPSA) is 115 Å². The van der Waals surface area contributed by atoms with E-state index in [-0.39, 0.29) is 32.8 Å². The van der Waals surface area contributed by atoms with Gasteiger partial charge in [0.05, 0.1) is 36.2 Å². The van der Waals surface area contributed by atoms with Gasteiger partial charge < -0.3 is 19.5 Å². The molecule has 2 N–H and O–H groups in total. The molecule has 3 aromatic rings. The number of methoxy groups -OCH3 is 2. The average molecular weight is 516 g/mol. The highest BCUT2D eigenvalue weighted by Crippen LogP contribution is 2.30. The van der Waals surface area contributed by atoms with Crippen LogP contribution in [-0.4, -0.2) is 38.2 Å². The van der Waals surface area contributed by atoms with Crippen molar-refractivity contribution in [3.05, 3.63) is 81.8 Å². The molecular formula is C24H19Cl2N3O6. The number of anilines is 1. The Morgan fingerprint density at radius 3 is 2.34 bits per heavy atom. The SMILES string of the molecule is COc1cc(/C=N/NC(=O)C(=O)Nc2cccc(Cl)c2Cl)ccc1OC(=O)c1ccccc1OC. The van der Waals surface area contributed by atoms with Gasteiger partial charge in [0, 0.05) is 0 Å². The van der Waals surface area contributed by atoms with Gasteiger partial charge in [0.1, 0.15) is 11.3 Å². The second-order valence-corrected chi connectivity index (χ2v) is 7.54. The summed E-state index contributed by atoms with van der Waals surface area (Å²) in [5.41, 5.74) is 3.04. The smallest absolute Gasteiger partial charge is 0.347 e. The van der Waals surface area contributed by atoms with Crippen LogP contribution in [0.15, 0.2) is 65.8 Å². The van der Waals surface area contributed by atoms with Gasteiger partial charge in [-0.05, 0) is 48.0 Å². The van der Waals surface area contributed by atoms with Crippen molar-refractivity contribution in [3.63, 3.8) is 0 Å². The molecule has 0 saturated carbocycles. The summed E-state index contributed by atoms with van der Waals surface area (Å²) in [5.74, 6) is -1.84. The zero-order chi connectivity index (χ0) is 25.4. The number of rotatable bonds is 7. The van der Waals surface area contributed by atoms with Gasteiger partial charge in [-0.15, -0.1) is 0 Å². The Morgan fingerprint density at radius 2 is 1.60 bits per heavy atom. The predicted molar refractivity (Wildman–Crippen MR) is 132 cm³/mol. The second-order valence-electron chi connectivity index (χ2n) is 6.75. The lowest BCUT2D eigenvalue weighted by atomic mass is 10.2. The van der Waals surface area contributed by atoms with Crippen molar-refractivity contribution in [1.29, 1.82) is 0 Å². The molecule has 0 bridgehead atoms. The quantitative estimate of drug-likeness (QED) is 0.159. The lowest BCUT2D eigenvalue weighted by molar-refractivity contribution is -0.136. The van der Waals surface area contributed by atoms with Crippen LogP contribution in [0, 0.1) is 0 Å². The van der Waals surface area contributed by atoms with Gasteiger partial charge in [0.15, 0.2) is 11.5 Å². The minimum Gasteiger partial charge on any atom is -0.496 e. The molecule has 9 nitrogen and oxygen atoms in total. The third-order valence-electron chi connectivity index (χ3n) is 4.50. The fourth-order valence-electron chi connectivity index (χ4n) is 2.81. The van der Waals surface area contributed by atoms with Crippen molar-refractivity contribution >= 4 is 52.9 Å². The van der Waals surface area contributed by atoms with Crippen molar-refractivity contribution in [2.75, 3.05) is 19.5 Å².